The van der Waals surface area contributed by atoms with Crippen molar-refractivity contribution in [2.45, 2.75) is 5.41 Å². The molecule has 1 aliphatic heterocycles. The maximum atomic E-state index is 8.74. The Balaban J connectivity index is 1.19. The summed E-state index contributed by atoms with van der Waals surface area (Å²) in [6, 6.07) is 52.6. The summed E-state index contributed by atoms with van der Waals surface area (Å²) in [6.45, 7) is 0. The number of para-hydroxylation sites is 1. The highest BCUT2D eigenvalue weighted by Gasteiger charge is 2.47. The van der Waals surface area contributed by atoms with Gasteiger partial charge in [-0.25, -0.2) is 0 Å². The Morgan fingerprint density at radius 3 is 1.68 bits per heavy atom. The summed E-state index contributed by atoms with van der Waals surface area (Å²) in [7, 11) is 0. The van der Waals surface area contributed by atoms with E-state index in [1.54, 1.807) is 12.2 Å². The van der Waals surface area contributed by atoms with Gasteiger partial charge in [0.25, 0.3) is 0 Å². The molecule has 7 aromatic rings. The maximum absolute atomic E-state index is 8.74. The van der Waals surface area contributed by atoms with Gasteiger partial charge >= 0.3 is 0 Å². The molecule has 1 aliphatic rings. The molecule has 50 heavy (non-hydrogen) atoms. The van der Waals surface area contributed by atoms with E-state index in [-0.39, 0.29) is 0 Å². The molecule has 0 bridgehead atoms. The number of hydrogen-bond acceptors (Lipinski definition) is 5. The van der Waals surface area contributed by atoms with E-state index < -0.39 is 5.41 Å². The molecule has 2 aromatic heterocycles. The van der Waals surface area contributed by atoms with Gasteiger partial charge in [-0.1, -0.05) is 103 Å². The molecule has 5 nitrogen and oxygen atoms in total. The van der Waals surface area contributed by atoms with Gasteiger partial charge in [0.05, 0.1) is 22.8 Å². The molecule has 0 unspecified atom stereocenters. The number of aromatic nitrogens is 2. The predicted octanol–water partition coefficient (Wildman–Crippen LogP) is 10.3. The van der Waals surface area contributed by atoms with Gasteiger partial charge in [-0.3, -0.25) is 9.97 Å². The molecular formula is C45H32N4O. The average Bonchev–Trinajstić information content (AvgIpc) is 3.20. The topological polar surface area (TPSA) is 82.7 Å². The summed E-state index contributed by atoms with van der Waals surface area (Å²) >= 11 is 0. The van der Waals surface area contributed by atoms with E-state index in [9.17, 15) is 0 Å². The van der Waals surface area contributed by atoms with Crippen molar-refractivity contribution in [2.75, 3.05) is 0 Å². The first-order valence-corrected chi connectivity index (χ1v) is 16.5. The van der Waals surface area contributed by atoms with Crippen LogP contribution in [0.1, 0.15) is 33.6 Å². The highest BCUT2D eigenvalue weighted by molar-refractivity contribution is 6.14. The van der Waals surface area contributed by atoms with Gasteiger partial charge in [0.1, 0.15) is 16.9 Å². The minimum atomic E-state index is -0.806. The maximum Gasteiger partial charge on any atom is 0.132 e. The number of rotatable bonds is 8. The first kappa shape index (κ1) is 30.6. The second-order valence-electron chi connectivity index (χ2n) is 12.2. The van der Waals surface area contributed by atoms with Gasteiger partial charge in [0.15, 0.2) is 0 Å². The lowest BCUT2D eigenvalue weighted by Gasteiger charge is -2.39. The summed E-state index contributed by atoms with van der Waals surface area (Å²) in [4.78, 5) is 9.87. The van der Waals surface area contributed by atoms with Crippen molar-refractivity contribution in [3.63, 3.8) is 0 Å². The normalized spacial score (nSPS) is 12.8. The van der Waals surface area contributed by atoms with Crippen LogP contribution in [0.2, 0.25) is 0 Å². The van der Waals surface area contributed by atoms with Crippen molar-refractivity contribution in [2.24, 2.45) is 0 Å². The van der Waals surface area contributed by atoms with Gasteiger partial charge in [-0.05, 0) is 100 Å². The Morgan fingerprint density at radius 2 is 1.00 bits per heavy atom. The molecule has 8 rings (SSSR count). The zero-order valence-corrected chi connectivity index (χ0v) is 27.1. The number of hydrogen-bond donors (Lipinski definition) is 2. The van der Waals surface area contributed by atoms with Crippen molar-refractivity contribution in [3.05, 3.63) is 216 Å². The third-order valence-corrected chi connectivity index (χ3v) is 9.20. The fraction of sp³-hybridized carbons (Fsp3) is 0.0222. The minimum absolute atomic E-state index is 0.346. The lowest BCUT2D eigenvalue weighted by atomic mass is 9.67. The van der Waals surface area contributed by atoms with Crippen molar-refractivity contribution < 1.29 is 4.74 Å². The molecule has 0 fully saturated rings. The number of nitrogens with one attached hydrogen (secondary N) is 2. The number of pyridine rings is 2. The fourth-order valence-corrected chi connectivity index (χ4v) is 6.79. The third-order valence-electron chi connectivity index (χ3n) is 9.20. The molecule has 238 valence electrons. The number of fused-ring (bicyclic) bond motifs is 2. The van der Waals surface area contributed by atoms with Gasteiger partial charge in [-0.2, -0.15) is 0 Å². The quantitative estimate of drug-likeness (QED) is 0.162. The Labute approximate surface area is 291 Å². The van der Waals surface area contributed by atoms with Crippen LogP contribution in [0.25, 0.3) is 22.3 Å². The van der Waals surface area contributed by atoms with Crippen LogP contribution in [0, 0.1) is 10.8 Å². The molecule has 2 N–H and O–H groups in total. The summed E-state index contributed by atoms with van der Waals surface area (Å²) in [5.74, 6) is 1.54. The highest BCUT2D eigenvalue weighted by Crippen LogP contribution is 2.54. The van der Waals surface area contributed by atoms with Crippen molar-refractivity contribution in [1.82, 2.24) is 9.97 Å². The number of nitrogens with zero attached hydrogens (tertiary/aromatic N) is 2. The van der Waals surface area contributed by atoms with Crippen molar-refractivity contribution in [3.8, 4) is 33.8 Å². The van der Waals surface area contributed by atoms with E-state index in [2.05, 4.69) is 66.7 Å². The van der Waals surface area contributed by atoms with Gasteiger partial charge in [0, 0.05) is 23.5 Å². The molecule has 0 saturated heterocycles. The molecule has 0 aliphatic carbocycles. The number of ether oxygens (including phenoxy) is 1. The third kappa shape index (κ3) is 5.51. The summed E-state index contributed by atoms with van der Waals surface area (Å²) in [6.07, 6.45) is 7.04. The highest BCUT2D eigenvalue weighted by atomic mass is 16.5. The summed E-state index contributed by atoms with van der Waals surface area (Å²) in [5.41, 5.74) is 9.35. The smallest absolute Gasteiger partial charge is 0.132 e. The molecule has 5 aromatic carbocycles. The molecule has 0 saturated carbocycles. The monoisotopic (exact) mass is 644 g/mol. The van der Waals surface area contributed by atoms with Crippen molar-refractivity contribution >= 4 is 11.4 Å². The largest absolute Gasteiger partial charge is 0.457 e. The first-order valence-electron chi connectivity index (χ1n) is 16.5. The molecular weight excluding hydrogens is 613 g/mol. The lowest BCUT2D eigenvalue weighted by Crippen LogP contribution is -2.36. The van der Waals surface area contributed by atoms with Gasteiger partial charge in [0.2, 0.25) is 0 Å². The van der Waals surface area contributed by atoms with Crippen LogP contribution < -0.4 is 4.74 Å². The minimum Gasteiger partial charge on any atom is -0.457 e. The SMILES string of the molecule is N=C(/C=C\C(=N)c1cccc(-c2cccc(-c3ccc4c(c3)C(c3ccccn3)(c3ccccn3)c3ccccc3O4)c2)c1)c1ccccc1. The van der Waals surface area contributed by atoms with Crippen molar-refractivity contribution in [1.29, 1.82) is 10.8 Å². The zero-order valence-electron chi connectivity index (χ0n) is 27.1. The Hall–Kier alpha value is -6.72. The Kier molecular flexibility index (Phi) is 7.99. The number of allylic oxidation sites excluding steroid dienone is 2. The molecule has 0 spiro atoms. The van der Waals surface area contributed by atoms with Gasteiger partial charge < -0.3 is 15.6 Å². The summed E-state index contributed by atoms with van der Waals surface area (Å²) in [5, 5.41) is 17.1. The van der Waals surface area contributed by atoms with E-state index in [0.717, 1.165) is 67.4 Å². The molecule has 5 heteroatoms. The van der Waals surface area contributed by atoms with E-state index in [4.69, 9.17) is 25.5 Å². The van der Waals surface area contributed by atoms with E-state index in [1.807, 2.05) is 103 Å². The van der Waals surface area contributed by atoms with E-state index in [1.165, 1.54) is 0 Å². The van der Waals surface area contributed by atoms with E-state index in [0.29, 0.717) is 11.4 Å². The second-order valence-corrected chi connectivity index (χ2v) is 12.2. The Morgan fingerprint density at radius 1 is 0.460 bits per heavy atom. The predicted molar refractivity (Wildman–Crippen MR) is 201 cm³/mol. The number of benzene rings is 5. The summed E-state index contributed by atoms with van der Waals surface area (Å²) < 4.78 is 6.56. The Bertz CT molecular complexity index is 2350. The van der Waals surface area contributed by atoms with Crippen LogP contribution in [0.15, 0.2) is 182 Å². The van der Waals surface area contributed by atoms with E-state index >= 15 is 0 Å². The molecule has 0 radical (unpaired) electrons. The molecule has 0 atom stereocenters. The first-order chi connectivity index (χ1) is 24.6. The van der Waals surface area contributed by atoms with Crippen LogP contribution >= 0.6 is 0 Å². The lowest BCUT2D eigenvalue weighted by molar-refractivity contribution is 0.430. The molecule has 3 heterocycles. The van der Waals surface area contributed by atoms with Crippen LogP contribution in [-0.2, 0) is 5.41 Å². The van der Waals surface area contributed by atoms with Crippen LogP contribution in [0.4, 0.5) is 0 Å². The van der Waals surface area contributed by atoms with Crippen LogP contribution in [0.3, 0.4) is 0 Å². The van der Waals surface area contributed by atoms with Crippen LogP contribution in [0.5, 0.6) is 11.5 Å². The zero-order chi connectivity index (χ0) is 33.9. The molecule has 0 amide bonds. The second kappa shape index (κ2) is 13.1. The fourth-order valence-electron chi connectivity index (χ4n) is 6.79. The standard InChI is InChI=1S/C45H32N4O/c46-39(31-12-2-1-3-13-31)23-24-40(47)36-17-11-16-34(29-36)32-14-10-15-33(28-32)35-22-25-42-38(30-35)45(43-20-6-8-26-48-43,44-21-7-9-27-49-44)37-18-4-5-19-41(37)50-42/h1-30,46-47H/b24-23-,46-39?,47-40?. The van der Waals surface area contributed by atoms with Gasteiger partial charge in [-0.15, -0.1) is 0 Å². The average molecular weight is 645 g/mol. The van der Waals surface area contributed by atoms with Crippen LogP contribution in [-0.4, -0.2) is 21.4 Å².